The van der Waals surface area contributed by atoms with Crippen molar-refractivity contribution in [3.8, 4) is 0 Å². The van der Waals surface area contributed by atoms with Gasteiger partial charge in [-0.25, -0.2) is 13.2 Å². The number of fused-ring (bicyclic) bond motifs is 1. The minimum atomic E-state index is -1.45. The van der Waals surface area contributed by atoms with Crippen molar-refractivity contribution in [1.29, 1.82) is 0 Å². The Bertz CT molecular complexity index is 532. The minimum absolute atomic E-state index is 0.0197. The molecule has 2 fully saturated rings. The zero-order chi connectivity index (χ0) is 15.0. The average Bonchev–Trinajstić information content (AvgIpc) is 2.47. The van der Waals surface area contributed by atoms with Crippen molar-refractivity contribution in [1.82, 2.24) is 0 Å². The van der Waals surface area contributed by atoms with Crippen LogP contribution in [-0.4, -0.2) is 16.7 Å². The molecule has 0 aliphatic heterocycles. The number of halogens is 3. The monoisotopic (exact) mass is 299 g/mol. The van der Waals surface area contributed by atoms with Crippen molar-refractivity contribution in [2.45, 2.75) is 56.6 Å². The van der Waals surface area contributed by atoms with Crippen molar-refractivity contribution in [3.05, 3.63) is 29.6 Å². The minimum Gasteiger partial charge on any atom is -0.390 e. The van der Waals surface area contributed by atoms with Gasteiger partial charge in [0, 0.05) is 12.0 Å². The zero-order valence-electron chi connectivity index (χ0n) is 11.8. The average molecular weight is 299 g/mol. The van der Waals surface area contributed by atoms with E-state index in [0.717, 1.165) is 51.0 Å². The van der Waals surface area contributed by atoms with Crippen molar-refractivity contribution in [2.24, 2.45) is 5.92 Å². The van der Waals surface area contributed by atoms with Crippen LogP contribution in [0.25, 0.3) is 0 Å². The van der Waals surface area contributed by atoms with E-state index in [2.05, 4.69) is 5.32 Å². The molecule has 3 rings (SSSR count). The largest absolute Gasteiger partial charge is 0.390 e. The van der Waals surface area contributed by atoms with E-state index < -0.39 is 23.1 Å². The molecule has 21 heavy (non-hydrogen) atoms. The zero-order valence-corrected chi connectivity index (χ0v) is 11.8. The van der Waals surface area contributed by atoms with Crippen LogP contribution in [0.2, 0.25) is 0 Å². The third kappa shape index (κ3) is 2.63. The molecule has 3 unspecified atom stereocenters. The Morgan fingerprint density at radius 2 is 1.76 bits per heavy atom. The van der Waals surface area contributed by atoms with Gasteiger partial charge in [0.1, 0.15) is 0 Å². The second-order valence-electron chi connectivity index (χ2n) is 6.32. The van der Waals surface area contributed by atoms with Gasteiger partial charge < -0.3 is 10.4 Å². The van der Waals surface area contributed by atoms with E-state index in [0.29, 0.717) is 0 Å². The van der Waals surface area contributed by atoms with Gasteiger partial charge in [-0.05, 0) is 44.2 Å². The fraction of sp³-hybridized carbons (Fsp3) is 0.625. The van der Waals surface area contributed by atoms with Crippen LogP contribution in [0.4, 0.5) is 18.9 Å². The Hall–Kier alpha value is -1.23. The molecule has 0 bridgehead atoms. The van der Waals surface area contributed by atoms with Gasteiger partial charge >= 0.3 is 0 Å². The Labute approximate surface area is 122 Å². The van der Waals surface area contributed by atoms with E-state index in [-0.39, 0.29) is 17.6 Å². The maximum atomic E-state index is 13.8. The SMILES string of the molecule is OC12CCCCC1C(Nc1ccc(F)c(F)c1F)CCC2. The summed E-state index contributed by atoms with van der Waals surface area (Å²) in [5, 5.41) is 13.7. The highest BCUT2D eigenvalue weighted by molar-refractivity contribution is 5.46. The molecule has 1 aromatic carbocycles. The molecule has 3 atom stereocenters. The van der Waals surface area contributed by atoms with E-state index in [1.54, 1.807) is 0 Å². The number of nitrogens with one attached hydrogen (secondary N) is 1. The van der Waals surface area contributed by atoms with Crippen molar-refractivity contribution >= 4 is 5.69 Å². The first-order valence-corrected chi connectivity index (χ1v) is 7.64. The summed E-state index contributed by atoms with van der Waals surface area (Å²) < 4.78 is 40.1. The van der Waals surface area contributed by atoms with E-state index in [1.165, 1.54) is 6.07 Å². The highest BCUT2D eigenvalue weighted by Gasteiger charge is 2.45. The van der Waals surface area contributed by atoms with Crippen molar-refractivity contribution in [2.75, 3.05) is 5.32 Å². The standard InChI is InChI=1S/C16H20F3NO/c17-11-6-7-13(15(19)14(11)18)20-12-5-3-9-16(21)8-2-1-4-10(12)16/h6-7,10,12,20-21H,1-5,8-9H2. The molecule has 5 heteroatoms. The molecule has 0 radical (unpaired) electrons. The summed E-state index contributed by atoms with van der Waals surface area (Å²) in [5.74, 6) is -3.77. The third-order valence-corrected chi connectivity index (χ3v) is 5.05. The number of rotatable bonds is 2. The van der Waals surface area contributed by atoms with Crippen LogP contribution >= 0.6 is 0 Å². The summed E-state index contributed by atoms with van der Waals surface area (Å²) in [7, 11) is 0. The molecule has 2 nitrogen and oxygen atoms in total. The van der Waals surface area contributed by atoms with Crippen molar-refractivity contribution < 1.29 is 18.3 Å². The molecule has 2 N–H and O–H groups in total. The van der Waals surface area contributed by atoms with Crippen LogP contribution in [-0.2, 0) is 0 Å². The van der Waals surface area contributed by atoms with Crippen molar-refractivity contribution in [3.63, 3.8) is 0 Å². The van der Waals surface area contributed by atoms with Gasteiger partial charge in [0.2, 0.25) is 0 Å². The molecule has 2 aliphatic carbocycles. The van der Waals surface area contributed by atoms with E-state index >= 15 is 0 Å². The molecule has 0 spiro atoms. The number of anilines is 1. The molecule has 2 saturated carbocycles. The maximum Gasteiger partial charge on any atom is 0.196 e. The van der Waals surface area contributed by atoms with Gasteiger partial charge in [-0.3, -0.25) is 0 Å². The van der Waals surface area contributed by atoms with Crippen LogP contribution in [0.3, 0.4) is 0 Å². The Kier molecular flexibility index (Phi) is 3.86. The molecule has 2 aliphatic rings. The summed E-state index contributed by atoms with van der Waals surface area (Å²) >= 11 is 0. The van der Waals surface area contributed by atoms with Crippen LogP contribution in [0.1, 0.15) is 44.9 Å². The Morgan fingerprint density at radius 1 is 1.00 bits per heavy atom. The molecule has 116 valence electrons. The summed E-state index contributed by atoms with van der Waals surface area (Å²) in [4.78, 5) is 0. The van der Waals surface area contributed by atoms with E-state index in [1.807, 2.05) is 0 Å². The predicted octanol–water partition coefficient (Wildman–Crippen LogP) is 3.99. The van der Waals surface area contributed by atoms with Crippen LogP contribution in [0.15, 0.2) is 12.1 Å². The fourth-order valence-corrected chi connectivity index (χ4v) is 3.97. The molecular weight excluding hydrogens is 279 g/mol. The lowest BCUT2D eigenvalue weighted by atomic mass is 9.65. The molecule has 0 heterocycles. The van der Waals surface area contributed by atoms with Crippen LogP contribution in [0, 0.1) is 23.4 Å². The number of hydrogen-bond acceptors (Lipinski definition) is 2. The summed E-state index contributed by atoms with van der Waals surface area (Å²) in [6, 6.07) is 2.06. The summed E-state index contributed by atoms with van der Waals surface area (Å²) in [6.45, 7) is 0. The molecule has 0 saturated heterocycles. The molecular formula is C16H20F3NO. The lowest BCUT2D eigenvalue weighted by Gasteiger charge is -2.48. The van der Waals surface area contributed by atoms with Gasteiger partial charge in [-0.2, -0.15) is 0 Å². The van der Waals surface area contributed by atoms with Gasteiger partial charge in [0.15, 0.2) is 17.5 Å². The van der Waals surface area contributed by atoms with E-state index in [4.69, 9.17) is 0 Å². The lowest BCUT2D eigenvalue weighted by Crippen LogP contribution is -2.52. The van der Waals surface area contributed by atoms with Gasteiger partial charge in [0.05, 0.1) is 11.3 Å². The number of aliphatic hydroxyl groups is 1. The highest BCUT2D eigenvalue weighted by Crippen LogP contribution is 2.44. The third-order valence-electron chi connectivity index (χ3n) is 5.05. The first kappa shape index (κ1) is 14.7. The molecule has 0 aromatic heterocycles. The summed E-state index contributed by atoms with van der Waals surface area (Å²) in [6.07, 6.45) is 6.16. The molecule has 1 aromatic rings. The highest BCUT2D eigenvalue weighted by atomic mass is 19.2. The topological polar surface area (TPSA) is 32.3 Å². The lowest BCUT2D eigenvalue weighted by molar-refractivity contribution is -0.0794. The van der Waals surface area contributed by atoms with Gasteiger partial charge in [-0.15, -0.1) is 0 Å². The maximum absolute atomic E-state index is 13.8. The van der Waals surface area contributed by atoms with E-state index in [9.17, 15) is 18.3 Å². The normalized spacial score (nSPS) is 32.6. The smallest absolute Gasteiger partial charge is 0.196 e. The van der Waals surface area contributed by atoms with Crippen LogP contribution < -0.4 is 5.32 Å². The van der Waals surface area contributed by atoms with Gasteiger partial charge in [-0.1, -0.05) is 12.8 Å². The van der Waals surface area contributed by atoms with Crippen LogP contribution in [0.5, 0.6) is 0 Å². The second-order valence-corrected chi connectivity index (χ2v) is 6.32. The Balaban J connectivity index is 1.82. The second kappa shape index (κ2) is 5.52. The quantitative estimate of drug-likeness (QED) is 0.809. The predicted molar refractivity (Wildman–Crippen MR) is 74.5 cm³/mol. The Morgan fingerprint density at radius 3 is 2.57 bits per heavy atom. The fourth-order valence-electron chi connectivity index (χ4n) is 3.97. The number of benzene rings is 1. The summed E-state index contributed by atoms with van der Waals surface area (Å²) in [5.41, 5.74) is -0.711. The number of hydrogen-bond donors (Lipinski definition) is 2. The first-order valence-electron chi connectivity index (χ1n) is 7.64. The first-order chi connectivity index (χ1) is 10.0. The molecule has 0 amide bonds. The van der Waals surface area contributed by atoms with Gasteiger partial charge in [0.25, 0.3) is 0 Å².